The molecule has 16 nitrogen and oxygen atoms in total. The van der Waals surface area contributed by atoms with Crippen molar-refractivity contribution in [3.63, 3.8) is 0 Å². The Balaban J connectivity index is 1.04. The smallest absolute Gasteiger partial charge is 0.407 e. The van der Waals surface area contributed by atoms with Gasteiger partial charge in [0.05, 0.1) is 56.1 Å². The number of carbonyl (C=O) groups is 4. The van der Waals surface area contributed by atoms with Crippen LogP contribution in [0, 0.1) is 5.92 Å². The Hall–Kier alpha value is -6.32. The highest BCUT2D eigenvalue weighted by Crippen LogP contribution is 2.33. The van der Waals surface area contributed by atoms with Gasteiger partial charge in [0, 0.05) is 42.2 Å². The van der Waals surface area contributed by atoms with Crippen molar-refractivity contribution in [3.8, 4) is 33.9 Å². The third kappa shape index (κ3) is 9.44. The summed E-state index contributed by atoms with van der Waals surface area (Å²) in [5.74, 6) is 1.65. The van der Waals surface area contributed by atoms with Gasteiger partial charge in [-0.25, -0.2) is 29.5 Å². The van der Waals surface area contributed by atoms with Gasteiger partial charge >= 0.3 is 12.2 Å². The van der Waals surface area contributed by atoms with E-state index in [0.29, 0.717) is 24.7 Å². The van der Waals surface area contributed by atoms with Crippen molar-refractivity contribution < 1.29 is 28.7 Å². The second-order valence-corrected chi connectivity index (χ2v) is 13.7. The van der Waals surface area contributed by atoms with Crippen LogP contribution in [0.4, 0.5) is 9.59 Å². The fourth-order valence-electron chi connectivity index (χ4n) is 6.55. The summed E-state index contributed by atoms with van der Waals surface area (Å²) < 4.78 is 9.20. The number of rotatable bonds is 14. The van der Waals surface area contributed by atoms with Gasteiger partial charge in [-0.2, -0.15) is 0 Å². The topological polar surface area (TPSA) is 209 Å². The Kier molecular flexibility index (Phi) is 12.3. The second kappa shape index (κ2) is 17.7. The number of alkyl carbamates (subject to hydrolysis) is 2. The van der Waals surface area contributed by atoms with Crippen LogP contribution in [0.2, 0.25) is 0 Å². The Labute approximate surface area is 318 Å². The van der Waals surface area contributed by atoms with Crippen LogP contribution in [0.1, 0.15) is 57.2 Å². The molecule has 0 saturated carbocycles. The summed E-state index contributed by atoms with van der Waals surface area (Å²) in [5, 5.41) is 8.70. The molecule has 1 fully saturated rings. The molecule has 1 aliphatic heterocycles. The number of aryl methyl sites for hydroxylation is 1. The predicted molar refractivity (Wildman–Crippen MR) is 204 cm³/mol. The number of benzene rings is 2. The zero-order valence-corrected chi connectivity index (χ0v) is 31.3. The van der Waals surface area contributed by atoms with E-state index in [1.54, 1.807) is 11.1 Å². The van der Waals surface area contributed by atoms with E-state index in [0.717, 1.165) is 76.9 Å². The van der Waals surface area contributed by atoms with Crippen LogP contribution in [-0.4, -0.2) is 98.7 Å². The number of fused-ring (bicyclic) bond motifs is 1. The molecule has 3 aromatic heterocycles. The number of likely N-dealkylation sites (tertiary alicyclic amines) is 1. The number of H-pyrrole nitrogens is 2. The van der Waals surface area contributed by atoms with E-state index in [4.69, 9.17) is 9.72 Å². The van der Waals surface area contributed by atoms with Crippen LogP contribution in [0.3, 0.4) is 0 Å². The van der Waals surface area contributed by atoms with Gasteiger partial charge in [0.2, 0.25) is 11.8 Å². The number of aromatic amines is 2. The van der Waals surface area contributed by atoms with Gasteiger partial charge < -0.3 is 40.3 Å². The van der Waals surface area contributed by atoms with Crippen LogP contribution >= 0.6 is 0 Å². The van der Waals surface area contributed by atoms with Gasteiger partial charge in [-0.05, 0) is 49.3 Å². The average molecular weight is 751 g/mol. The lowest BCUT2D eigenvalue weighted by Gasteiger charge is -2.30. The van der Waals surface area contributed by atoms with Gasteiger partial charge in [0.1, 0.15) is 17.7 Å². The molecule has 5 aromatic rings. The van der Waals surface area contributed by atoms with Crippen molar-refractivity contribution >= 4 is 34.9 Å². The Bertz CT molecular complexity index is 2130. The lowest BCUT2D eigenvalue weighted by Crippen LogP contribution is -2.51. The first-order chi connectivity index (χ1) is 26.6. The maximum atomic E-state index is 13.5. The van der Waals surface area contributed by atoms with E-state index < -0.39 is 18.2 Å². The number of hydrogen-bond acceptors (Lipinski definition) is 10. The fraction of sp³-hybridized carbons (Fsp3) is 0.385. The maximum Gasteiger partial charge on any atom is 0.407 e. The molecule has 2 unspecified atom stereocenters. The van der Waals surface area contributed by atoms with E-state index in [-0.39, 0.29) is 30.3 Å². The zero-order valence-electron chi connectivity index (χ0n) is 31.3. The number of ether oxygens (including phenoxy) is 2. The Morgan fingerprint density at radius 2 is 1.58 bits per heavy atom. The zero-order chi connectivity index (χ0) is 38.9. The largest absolute Gasteiger partial charge is 0.453 e. The van der Waals surface area contributed by atoms with E-state index in [9.17, 15) is 19.2 Å². The highest BCUT2D eigenvalue weighted by Gasteiger charge is 2.37. The molecular formula is C39H46N10O6. The van der Waals surface area contributed by atoms with Gasteiger partial charge in [0.15, 0.2) is 5.82 Å². The first kappa shape index (κ1) is 38.4. The minimum atomic E-state index is -0.693. The molecule has 288 valence electrons. The molecule has 16 heteroatoms. The molecule has 4 heterocycles. The summed E-state index contributed by atoms with van der Waals surface area (Å²) in [7, 11) is 2.53. The number of imidazole rings is 2. The van der Waals surface area contributed by atoms with Crippen molar-refractivity contribution in [2.24, 2.45) is 5.92 Å². The quantitative estimate of drug-likeness (QED) is 0.0968. The van der Waals surface area contributed by atoms with Gasteiger partial charge in [-0.1, -0.05) is 44.2 Å². The van der Waals surface area contributed by atoms with Crippen LogP contribution in [0.5, 0.6) is 0 Å². The molecule has 5 N–H and O–H groups in total. The molecule has 1 saturated heterocycles. The van der Waals surface area contributed by atoms with Crippen LogP contribution in [0.25, 0.3) is 44.8 Å². The first-order valence-corrected chi connectivity index (χ1v) is 18.3. The molecule has 0 spiro atoms. The summed E-state index contributed by atoms with van der Waals surface area (Å²) in [6, 6.07) is 13.0. The number of amides is 4. The molecule has 1 aliphatic rings. The number of methoxy groups -OCH3 is 2. The predicted octanol–water partition coefficient (Wildman–Crippen LogP) is 4.92. The lowest BCUT2D eigenvalue weighted by molar-refractivity contribution is -0.135. The summed E-state index contributed by atoms with van der Waals surface area (Å²) in [4.78, 5) is 75.6. The van der Waals surface area contributed by atoms with Crippen LogP contribution in [0.15, 0.2) is 61.1 Å². The summed E-state index contributed by atoms with van der Waals surface area (Å²) in [6.07, 6.45) is 8.08. The molecule has 0 bridgehead atoms. The number of unbranched alkanes of at least 4 members (excludes halogenated alkanes) is 1. The molecule has 2 atom stereocenters. The number of nitrogens with zero attached hydrogens (tertiary/aromatic N) is 5. The monoisotopic (exact) mass is 750 g/mol. The maximum absolute atomic E-state index is 13.5. The fourth-order valence-corrected chi connectivity index (χ4v) is 6.55. The molecule has 2 aromatic carbocycles. The summed E-state index contributed by atoms with van der Waals surface area (Å²) in [5.41, 5.74) is 5.32. The SMILES string of the molecule is COC(=O)NCC(=O)NCCCCc1ncc(-c2ccc3nc(-c4ccc(-c5cnc(C6CCCN6C(=O)C(NC(=O)OC)C(C)C)[nH]5)cc4)ncc3c2)[nH]1. The standard InChI is InChI=1S/C39H46N10O6/c1-23(2)34(48-39(53)55-4)37(51)49-17-7-8-31(49)36-43-21-29(47-36)24-10-12-25(13-11-24)35-42-19-27-18-26(14-15-28(27)46-35)30-20-41-32(45-30)9-5-6-16-40-33(50)22-44-38(52)54-3/h10-15,18-21,23,31,34H,5-9,16-17,22H2,1-4H3,(H,40,50)(H,41,45)(H,43,47)(H,44,52)(H,48,53). The van der Waals surface area contributed by atoms with E-state index in [1.807, 2.05) is 68.7 Å². The van der Waals surface area contributed by atoms with E-state index >= 15 is 0 Å². The number of aromatic nitrogens is 6. The Morgan fingerprint density at radius 1 is 0.855 bits per heavy atom. The van der Waals surface area contributed by atoms with Crippen molar-refractivity contribution in [2.75, 3.05) is 33.9 Å². The lowest BCUT2D eigenvalue weighted by atomic mass is 10.0. The minimum Gasteiger partial charge on any atom is -0.453 e. The normalized spacial score (nSPS) is 14.5. The number of hydrogen-bond donors (Lipinski definition) is 5. The number of carbonyl (C=O) groups excluding carboxylic acids is 4. The van der Waals surface area contributed by atoms with Crippen LogP contribution < -0.4 is 16.0 Å². The summed E-state index contributed by atoms with van der Waals surface area (Å²) >= 11 is 0. The van der Waals surface area contributed by atoms with Crippen molar-refractivity contribution in [1.82, 2.24) is 50.8 Å². The molecule has 0 aliphatic carbocycles. The first-order valence-electron chi connectivity index (χ1n) is 18.3. The van der Waals surface area contributed by atoms with Crippen molar-refractivity contribution in [1.29, 1.82) is 0 Å². The third-order valence-electron chi connectivity index (χ3n) is 9.55. The average Bonchev–Trinajstić information content (AvgIpc) is 4.00. The molecule has 6 rings (SSSR count). The van der Waals surface area contributed by atoms with Crippen molar-refractivity contribution in [3.05, 3.63) is 72.7 Å². The number of nitrogens with one attached hydrogen (secondary N) is 5. The highest BCUT2D eigenvalue weighted by atomic mass is 16.5. The van der Waals surface area contributed by atoms with Gasteiger partial charge in [0.25, 0.3) is 0 Å². The second-order valence-electron chi connectivity index (χ2n) is 13.7. The van der Waals surface area contributed by atoms with Gasteiger partial charge in [-0.15, -0.1) is 0 Å². The molecule has 4 amide bonds. The molecule has 55 heavy (non-hydrogen) atoms. The van der Waals surface area contributed by atoms with Crippen molar-refractivity contribution in [2.45, 2.75) is 58.0 Å². The molecular weight excluding hydrogens is 704 g/mol. The van der Waals surface area contributed by atoms with E-state index in [1.165, 1.54) is 14.2 Å². The van der Waals surface area contributed by atoms with Gasteiger partial charge in [-0.3, -0.25) is 9.59 Å². The minimum absolute atomic E-state index is 0.109. The Morgan fingerprint density at radius 3 is 2.35 bits per heavy atom. The van der Waals surface area contributed by atoms with Crippen LogP contribution in [-0.2, 0) is 25.5 Å². The third-order valence-corrected chi connectivity index (χ3v) is 9.55. The highest BCUT2D eigenvalue weighted by molar-refractivity contribution is 5.87. The van der Waals surface area contributed by atoms with E-state index in [2.05, 4.69) is 45.6 Å². The molecule has 0 radical (unpaired) electrons. The summed E-state index contributed by atoms with van der Waals surface area (Å²) in [6.45, 7) is 4.75.